The molecule has 2 aromatic heterocycles. The van der Waals surface area contributed by atoms with E-state index in [1.165, 1.54) is 20.7 Å². The Morgan fingerprint density at radius 3 is 1.57 bits per heavy atom. The predicted octanol–water partition coefficient (Wildman–Crippen LogP) is 11.3. The number of para-hydroxylation sites is 6. The molecular formula is C54H35N3O2Si. The SMILES string of the molecule is c1ccc([Si](c2ccccc2)(c2ccccc2)c2ccc(-c3cc4cc(N5c6ccccc6Oc6ccccc65)ccc4c4c3oc3nc5ccccc5nc34)cc2)cc1. The number of rotatable bonds is 6. The molecule has 0 spiro atoms. The molecule has 0 radical (unpaired) electrons. The van der Waals surface area contributed by atoms with E-state index < -0.39 is 8.07 Å². The van der Waals surface area contributed by atoms with Crippen LogP contribution in [-0.2, 0) is 0 Å². The van der Waals surface area contributed by atoms with E-state index in [0.29, 0.717) is 5.71 Å². The summed E-state index contributed by atoms with van der Waals surface area (Å²) in [7, 11) is -2.72. The summed E-state index contributed by atoms with van der Waals surface area (Å²) in [6.45, 7) is 0. The van der Waals surface area contributed by atoms with Gasteiger partial charge in [-0.15, -0.1) is 0 Å². The predicted molar refractivity (Wildman–Crippen MR) is 248 cm³/mol. The quantitative estimate of drug-likeness (QED) is 0.124. The summed E-state index contributed by atoms with van der Waals surface area (Å²) in [5.41, 5.74) is 8.73. The van der Waals surface area contributed by atoms with Crippen LogP contribution in [0.5, 0.6) is 11.5 Å². The molecule has 5 nitrogen and oxygen atoms in total. The molecular weight excluding hydrogens is 751 g/mol. The molecule has 0 unspecified atom stereocenters. The highest BCUT2D eigenvalue weighted by molar-refractivity contribution is 7.19. The molecule has 9 aromatic carbocycles. The van der Waals surface area contributed by atoms with Crippen LogP contribution in [0.15, 0.2) is 217 Å². The van der Waals surface area contributed by atoms with Gasteiger partial charge in [0, 0.05) is 11.3 Å². The monoisotopic (exact) mass is 785 g/mol. The van der Waals surface area contributed by atoms with Gasteiger partial charge in [0.1, 0.15) is 11.1 Å². The van der Waals surface area contributed by atoms with Crippen LogP contribution in [0.4, 0.5) is 17.1 Å². The lowest BCUT2D eigenvalue weighted by molar-refractivity contribution is 0.477. The van der Waals surface area contributed by atoms with Crippen LogP contribution < -0.4 is 30.4 Å². The standard InChI is InChI=1S/C54H35N3O2Si/c1-4-16-39(17-5-1)60(40-18-6-2-7-19-40,41-20-8-3-9-21-41)42-31-28-36(29-32-42)44-35-37-34-38(57-47-24-12-14-26-49(47)58-50-27-15-13-25-48(50)57)30-33-43(37)51-52-54(59-53(44)51)56-46-23-11-10-22-45(46)55-52/h1-35H. The lowest BCUT2D eigenvalue weighted by atomic mass is 9.96. The van der Waals surface area contributed by atoms with Crippen molar-refractivity contribution in [2.45, 2.75) is 0 Å². The van der Waals surface area contributed by atoms with Crippen LogP contribution in [0.3, 0.4) is 0 Å². The van der Waals surface area contributed by atoms with Crippen molar-refractivity contribution < 1.29 is 9.15 Å². The van der Waals surface area contributed by atoms with Gasteiger partial charge in [0.05, 0.1) is 27.8 Å². The van der Waals surface area contributed by atoms with Crippen molar-refractivity contribution in [2.24, 2.45) is 0 Å². The molecule has 11 aromatic rings. The second-order valence-electron chi connectivity index (χ2n) is 15.3. The maximum Gasteiger partial charge on any atom is 0.246 e. The van der Waals surface area contributed by atoms with E-state index in [-0.39, 0.29) is 0 Å². The molecule has 3 heterocycles. The van der Waals surface area contributed by atoms with Gasteiger partial charge in [-0.25, -0.2) is 9.97 Å². The number of nitrogens with zero attached hydrogens (tertiary/aromatic N) is 3. The van der Waals surface area contributed by atoms with Crippen LogP contribution in [0.2, 0.25) is 0 Å². The fourth-order valence-electron chi connectivity index (χ4n) is 9.33. The summed E-state index contributed by atoms with van der Waals surface area (Å²) in [6.07, 6.45) is 0. The van der Waals surface area contributed by atoms with E-state index in [0.717, 1.165) is 78.0 Å². The molecule has 0 fully saturated rings. The maximum atomic E-state index is 6.81. The Labute approximate surface area is 347 Å². The van der Waals surface area contributed by atoms with E-state index in [1.807, 2.05) is 48.5 Å². The zero-order valence-corrected chi connectivity index (χ0v) is 33.4. The second kappa shape index (κ2) is 13.7. The Morgan fingerprint density at radius 1 is 0.450 bits per heavy atom. The molecule has 0 aliphatic carbocycles. The number of aromatic nitrogens is 2. The fourth-order valence-corrected chi connectivity index (χ4v) is 14.1. The first-order chi connectivity index (χ1) is 29.7. The van der Waals surface area contributed by atoms with Gasteiger partial charge >= 0.3 is 0 Å². The highest BCUT2D eigenvalue weighted by atomic mass is 28.3. The third-order valence-corrected chi connectivity index (χ3v) is 16.8. The maximum absolute atomic E-state index is 6.81. The first-order valence-corrected chi connectivity index (χ1v) is 22.2. The van der Waals surface area contributed by atoms with Gasteiger partial charge < -0.3 is 14.1 Å². The topological polar surface area (TPSA) is 51.4 Å². The van der Waals surface area contributed by atoms with Gasteiger partial charge in [0.15, 0.2) is 19.6 Å². The lowest BCUT2D eigenvalue weighted by Crippen LogP contribution is -2.74. The molecule has 60 heavy (non-hydrogen) atoms. The Bertz CT molecular complexity index is 3260. The molecule has 6 heteroatoms. The second-order valence-corrected chi connectivity index (χ2v) is 19.1. The van der Waals surface area contributed by atoms with E-state index in [1.54, 1.807) is 0 Å². The largest absolute Gasteiger partial charge is 0.453 e. The van der Waals surface area contributed by atoms with Crippen molar-refractivity contribution in [3.8, 4) is 22.6 Å². The minimum Gasteiger partial charge on any atom is -0.453 e. The van der Waals surface area contributed by atoms with Crippen molar-refractivity contribution in [3.05, 3.63) is 212 Å². The van der Waals surface area contributed by atoms with Crippen molar-refractivity contribution >= 4 is 89.9 Å². The number of hydrogen-bond acceptors (Lipinski definition) is 5. The first kappa shape index (κ1) is 34.3. The lowest BCUT2D eigenvalue weighted by Gasteiger charge is -2.34. The van der Waals surface area contributed by atoms with Crippen LogP contribution in [-0.4, -0.2) is 18.0 Å². The molecule has 1 aliphatic heterocycles. The zero-order valence-electron chi connectivity index (χ0n) is 32.4. The van der Waals surface area contributed by atoms with Crippen LogP contribution in [0.1, 0.15) is 0 Å². The molecule has 0 saturated heterocycles. The third kappa shape index (κ3) is 5.24. The van der Waals surface area contributed by atoms with Crippen molar-refractivity contribution in [2.75, 3.05) is 4.90 Å². The molecule has 0 amide bonds. The van der Waals surface area contributed by atoms with Gasteiger partial charge in [-0.2, -0.15) is 0 Å². The number of fused-ring (bicyclic) bond motifs is 8. The fraction of sp³-hybridized carbons (Fsp3) is 0. The summed E-state index contributed by atoms with van der Waals surface area (Å²) >= 11 is 0. The van der Waals surface area contributed by atoms with Gasteiger partial charge in [0.25, 0.3) is 0 Å². The highest BCUT2D eigenvalue weighted by Crippen LogP contribution is 2.51. The number of ether oxygens (including phenoxy) is 1. The number of benzene rings is 9. The van der Waals surface area contributed by atoms with Gasteiger partial charge in [-0.1, -0.05) is 158 Å². The molecule has 0 saturated carbocycles. The summed E-state index contributed by atoms with van der Waals surface area (Å²) in [4.78, 5) is 12.5. The van der Waals surface area contributed by atoms with Crippen molar-refractivity contribution in [1.29, 1.82) is 0 Å². The number of anilines is 3. The third-order valence-electron chi connectivity index (χ3n) is 12.0. The van der Waals surface area contributed by atoms with E-state index in [2.05, 4.69) is 169 Å². The van der Waals surface area contributed by atoms with Gasteiger partial charge in [-0.3, -0.25) is 0 Å². The molecule has 1 aliphatic rings. The summed E-state index contributed by atoms with van der Waals surface area (Å²) < 4.78 is 13.2. The summed E-state index contributed by atoms with van der Waals surface area (Å²) in [6, 6.07) is 75.7. The number of hydrogen-bond donors (Lipinski definition) is 0. The van der Waals surface area contributed by atoms with Gasteiger partial charge in [-0.05, 0) is 91.7 Å². The first-order valence-electron chi connectivity index (χ1n) is 20.2. The molecule has 0 N–H and O–H groups in total. The molecule has 12 rings (SSSR count). The normalized spacial score (nSPS) is 12.4. The van der Waals surface area contributed by atoms with Crippen LogP contribution >= 0.6 is 0 Å². The van der Waals surface area contributed by atoms with Crippen molar-refractivity contribution in [3.63, 3.8) is 0 Å². The van der Waals surface area contributed by atoms with Crippen molar-refractivity contribution in [1.82, 2.24) is 9.97 Å². The molecule has 282 valence electrons. The van der Waals surface area contributed by atoms with Crippen LogP contribution in [0.25, 0.3) is 55.1 Å². The minimum atomic E-state index is -2.72. The molecule has 0 atom stereocenters. The van der Waals surface area contributed by atoms with Crippen LogP contribution in [0, 0.1) is 0 Å². The van der Waals surface area contributed by atoms with E-state index in [4.69, 9.17) is 19.1 Å². The smallest absolute Gasteiger partial charge is 0.246 e. The summed E-state index contributed by atoms with van der Waals surface area (Å²) in [5, 5.41) is 8.39. The Hall–Kier alpha value is -7.80. The highest BCUT2D eigenvalue weighted by Gasteiger charge is 2.41. The molecule has 0 bridgehead atoms. The Kier molecular flexibility index (Phi) is 7.80. The zero-order chi connectivity index (χ0) is 39.6. The average molecular weight is 786 g/mol. The number of furan rings is 1. The van der Waals surface area contributed by atoms with Gasteiger partial charge in [0.2, 0.25) is 5.71 Å². The van der Waals surface area contributed by atoms with E-state index >= 15 is 0 Å². The average Bonchev–Trinajstić information content (AvgIpc) is 3.69. The Morgan fingerprint density at radius 2 is 0.967 bits per heavy atom. The minimum absolute atomic E-state index is 0.526. The van der Waals surface area contributed by atoms with E-state index in [9.17, 15) is 0 Å². The summed E-state index contributed by atoms with van der Waals surface area (Å²) in [5.74, 6) is 1.63. The Balaban J connectivity index is 1.10.